The van der Waals surface area contributed by atoms with Crippen molar-refractivity contribution < 1.29 is 19.4 Å². The van der Waals surface area contributed by atoms with E-state index in [-0.39, 0.29) is 5.56 Å². The van der Waals surface area contributed by atoms with E-state index >= 15 is 0 Å². The van der Waals surface area contributed by atoms with E-state index in [0.29, 0.717) is 34.8 Å². The second-order valence-electron chi connectivity index (χ2n) is 6.35. The van der Waals surface area contributed by atoms with Crippen LogP contribution in [-0.4, -0.2) is 40.0 Å². The molecule has 0 aliphatic heterocycles. The lowest BCUT2D eigenvalue weighted by atomic mass is 10.0. The number of carbonyl (C=O) groups is 1. The minimum Gasteiger partial charge on any atom is -0.497 e. The summed E-state index contributed by atoms with van der Waals surface area (Å²) in [6.45, 7) is 2.49. The highest BCUT2D eigenvalue weighted by molar-refractivity contribution is 6.08. The Kier molecular flexibility index (Phi) is 4.87. The summed E-state index contributed by atoms with van der Waals surface area (Å²) in [4.78, 5) is 16.6. The Labute approximate surface area is 166 Å². The number of H-pyrrole nitrogens is 1. The average Bonchev–Trinajstić information content (AvgIpc) is 3.18. The number of ether oxygens (including phenoxy) is 2. The third kappa shape index (κ3) is 3.50. The van der Waals surface area contributed by atoms with Gasteiger partial charge in [0.25, 0.3) is 0 Å². The van der Waals surface area contributed by atoms with Crippen LogP contribution in [0.15, 0.2) is 54.6 Å². The van der Waals surface area contributed by atoms with Gasteiger partial charge in [-0.15, -0.1) is 0 Å². The van der Waals surface area contributed by atoms with E-state index in [1.165, 1.54) is 0 Å². The molecule has 4 rings (SSSR count). The first-order valence-electron chi connectivity index (χ1n) is 9.10. The molecule has 0 aliphatic carbocycles. The van der Waals surface area contributed by atoms with Crippen LogP contribution in [0.5, 0.6) is 11.5 Å². The standard InChI is InChI=1S/C22H19N3O4/c1-3-29-15-9-7-13(8-10-15)20-19-17(22(26)27)12-18(23-21(19)25-24-20)14-5-4-6-16(11-14)28-2/h4-12H,3H2,1-2H3,(H,26,27)(H,23,24,25). The zero-order valence-corrected chi connectivity index (χ0v) is 16.0. The largest absolute Gasteiger partial charge is 0.497 e. The minimum atomic E-state index is -1.05. The normalized spacial score (nSPS) is 10.8. The van der Waals surface area contributed by atoms with E-state index in [1.54, 1.807) is 19.2 Å². The molecule has 0 atom stereocenters. The predicted octanol–water partition coefficient (Wildman–Crippen LogP) is 4.40. The van der Waals surface area contributed by atoms with Crippen molar-refractivity contribution in [1.29, 1.82) is 0 Å². The van der Waals surface area contributed by atoms with Gasteiger partial charge in [-0.25, -0.2) is 9.78 Å². The number of nitrogens with one attached hydrogen (secondary N) is 1. The summed E-state index contributed by atoms with van der Waals surface area (Å²) < 4.78 is 10.7. The first-order valence-corrected chi connectivity index (χ1v) is 9.10. The third-order valence-electron chi connectivity index (χ3n) is 4.57. The van der Waals surface area contributed by atoms with Crippen molar-refractivity contribution >= 4 is 17.0 Å². The lowest BCUT2D eigenvalue weighted by Gasteiger charge is -2.07. The Bertz CT molecular complexity index is 1180. The lowest BCUT2D eigenvalue weighted by Crippen LogP contribution is -2.00. The maximum Gasteiger partial charge on any atom is 0.336 e. The van der Waals surface area contributed by atoms with E-state index in [0.717, 1.165) is 16.9 Å². The maximum atomic E-state index is 12.0. The van der Waals surface area contributed by atoms with E-state index in [2.05, 4.69) is 15.2 Å². The topological polar surface area (TPSA) is 97.3 Å². The average molecular weight is 389 g/mol. The highest BCUT2D eigenvalue weighted by Gasteiger charge is 2.20. The molecule has 0 aliphatic rings. The van der Waals surface area contributed by atoms with Crippen LogP contribution in [0.4, 0.5) is 0 Å². The van der Waals surface area contributed by atoms with Crippen molar-refractivity contribution in [3.63, 3.8) is 0 Å². The van der Waals surface area contributed by atoms with Crippen molar-refractivity contribution in [2.45, 2.75) is 6.92 Å². The van der Waals surface area contributed by atoms with E-state index in [4.69, 9.17) is 9.47 Å². The molecule has 4 aromatic rings. The summed E-state index contributed by atoms with van der Waals surface area (Å²) in [5.74, 6) is 0.366. The smallest absolute Gasteiger partial charge is 0.336 e. The number of methoxy groups -OCH3 is 1. The van der Waals surface area contributed by atoms with Crippen LogP contribution < -0.4 is 9.47 Å². The van der Waals surface area contributed by atoms with Crippen molar-refractivity contribution in [2.75, 3.05) is 13.7 Å². The summed E-state index contributed by atoms with van der Waals surface area (Å²) >= 11 is 0. The molecule has 0 radical (unpaired) electrons. The van der Waals surface area contributed by atoms with Gasteiger partial charge in [-0.1, -0.05) is 12.1 Å². The number of hydrogen-bond acceptors (Lipinski definition) is 5. The predicted molar refractivity (Wildman–Crippen MR) is 109 cm³/mol. The number of carboxylic acids is 1. The fourth-order valence-electron chi connectivity index (χ4n) is 3.22. The molecule has 0 bridgehead atoms. The molecule has 2 aromatic heterocycles. The summed E-state index contributed by atoms with van der Waals surface area (Å²) in [6.07, 6.45) is 0. The molecule has 0 saturated heterocycles. The fourth-order valence-corrected chi connectivity index (χ4v) is 3.22. The SMILES string of the molecule is CCOc1ccc(-c2[nH]nc3nc(-c4cccc(OC)c4)cc(C(=O)O)c23)cc1. The Hall–Kier alpha value is -3.87. The molecular weight excluding hydrogens is 370 g/mol. The molecule has 7 nitrogen and oxygen atoms in total. The van der Waals surface area contributed by atoms with Crippen LogP contribution in [0, 0.1) is 0 Å². The maximum absolute atomic E-state index is 12.0. The number of aromatic amines is 1. The fraction of sp³-hybridized carbons (Fsp3) is 0.136. The zero-order valence-electron chi connectivity index (χ0n) is 16.0. The zero-order chi connectivity index (χ0) is 20.4. The minimum absolute atomic E-state index is 0.130. The number of nitrogens with zero attached hydrogens (tertiary/aromatic N) is 2. The van der Waals surface area contributed by atoms with Crippen LogP contribution in [-0.2, 0) is 0 Å². The Morgan fingerprint density at radius 3 is 2.55 bits per heavy atom. The van der Waals surface area contributed by atoms with Gasteiger partial charge in [0.05, 0.1) is 36.1 Å². The van der Waals surface area contributed by atoms with Crippen molar-refractivity contribution in [3.05, 3.63) is 60.2 Å². The van der Waals surface area contributed by atoms with Gasteiger partial charge in [0.1, 0.15) is 11.5 Å². The number of aromatic carboxylic acids is 1. The van der Waals surface area contributed by atoms with Gasteiger partial charge in [0.15, 0.2) is 5.65 Å². The second kappa shape index (κ2) is 7.63. The number of benzene rings is 2. The van der Waals surface area contributed by atoms with Crippen molar-refractivity contribution in [3.8, 4) is 34.0 Å². The number of rotatable bonds is 6. The first kappa shape index (κ1) is 18.5. The van der Waals surface area contributed by atoms with Crippen molar-refractivity contribution in [2.24, 2.45) is 0 Å². The van der Waals surface area contributed by atoms with Crippen LogP contribution in [0.3, 0.4) is 0 Å². The summed E-state index contributed by atoms with van der Waals surface area (Å²) in [7, 11) is 1.58. The number of hydrogen-bond donors (Lipinski definition) is 2. The van der Waals surface area contributed by atoms with E-state index in [1.807, 2.05) is 49.4 Å². The molecule has 146 valence electrons. The molecular formula is C22H19N3O4. The second-order valence-corrected chi connectivity index (χ2v) is 6.35. The molecule has 29 heavy (non-hydrogen) atoms. The Morgan fingerprint density at radius 1 is 1.07 bits per heavy atom. The summed E-state index contributed by atoms with van der Waals surface area (Å²) in [5, 5.41) is 17.5. The molecule has 7 heteroatoms. The molecule has 2 heterocycles. The lowest BCUT2D eigenvalue weighted by molar-refractivity contribution is 0.0699. The summed E-state index contributed by atoms with van der Waals surface area (Å²) in [5.41, 5.74) is 3.13. The highest BCUT2D eigenvalue weighted by atomic mass is 16.5. The van der Waals surface area contributed by atoms with Crippen LogP contribution in [0.2, 0.25) is 0 Å². The number of carboxylic acid groups (broad SMARTS) is 1. The van der Waals surface area contributed by atoms with Crippen LogP contribution in [0.1, 0.15) is 17.3 Å². The van der Waals surface area contributed by atoms with Gasteiger partial charge in [0, 0.05) is 11.1 Å². The van der Waals surface area contributed by atoms with Gasteiger partial charge in [-0.3, -0.25) is 5.10 Å². The molecule has 2 aromatic carbocycles. The van der Waals surface area contributed by atoms with E-state index in [9.17, 15) is 9.90 Å². The quantitative estimate of drug-likeness (QED) is 0.507. The van der Waals surface area contributed by atoms with Crippen LogP contribution >= 0.6 is 0 Å². The monoisotopic (exact) mass is 389 g/mol. The number of fused-ring (bicyclic) bond motifs is 1. The van der Waals surface area contributed by atoms with Gasteiger partial charge in [-0.05, 0) is 49.4 Å². The van der Waals surface area contributed by atoms with Crippen molar-refractivity contribution in [1.82, 2.24) is 15.2 Å². The molecule has 0 amide bonds. The van der Waals surface area contributed by atoms with E-state index < -0.39 is 5.97 Å². The van der Waals surface area contributed by atoms with Gasteiger partial charge < -0.3 is 14.6 Å². The van der Waals surface area contributed by atoms with Gasteiger partial charge in [-0.2, -0.15) is 5.10 Å². The Balaban J connectivity index is 1.86. The Morgan fingerprint density at radius 2 is 1.86 bits per heavy atom. The molecule has 0 fully saturated rings. The summed E-state index contributed by atoms with van der Waals surface area (Å²) in [6, 6.07) is 16.3. The third-order valence-corrected chi connectivity index (χ3v) is 4.57. The molecule has 2 N–H and O–H groups in total. The molecule has 0 unspecified atom stereocenters. The highest BCUT2D eigenvalue weighted by Crippen LogP contribution is 2.32. The number of pyridine rings is 1. The molecule has 0 spiro atoms. The number of aromatic nitrogens is 3. The van der Waals surface area contributed by atoms with Crippen LogP contribution in [0.25, 0.3) is 33.5 Å². The first-order chi connectivity index (χ1) is 14.1. The van der Waals surface area contributed by atoms with Gasteiger partial charge in [0.2, 0.25) is 0 Å². The molecule has 0 saturated carbocycles. The van der Waals surface area contributed by atoms with Gasteiger partial charge >= 0.3 is 5.97 Å².